The average molecular weight is 442 g/mol. The molecular formula is C22H27N5O3S. The summed E-state index contributed by atoms with van der Waals surface area (Å²) >= 11 is 1.25. The van der Waals surface area contributed by atoms with Gasteiger partial charge in [-0.3, -0.25) is 14.9 Å². The zero-order valence-electron chi connectivity index (χ0n) is 18.2. The molecule has 0 aliphatic carbocycles. The highest BCUT2D eigenvalue weighted by molar-refractivity contribution is 7.22. The highest BCUT2D eigenvalue weighted by Crippen LogP contribution is 2.34. The maximum atomic E-state index is 13.3. The Bertz CT molecular complexity index is 1130. The molecule has 2 N–H and O–H groups in total. The van der Waals surface area contributed by atoms with Gasteiger partial charge in [0.2, 0.25) is 0 Å². The Kier molecular flexibility index (Phi) is 5.57. The van der Waals surface area contributed by atoms with Crippen LogP contribution in [0.5, 0.6) is 0 Å². The van der Waals surface area contributed by atoms with Crippen LogP contribution < -0.4 is 5.32 Å². The summed E-state index contributed by atoms with van der Waals surface area (Å²) in [6, 6.07) is 7.12. The summed E-state index contributed by atoms with van der Waals surface area (Å²) in [5.74, 6) is -0.455. The second-order valence-electron chi connectivity index (χ2n) is 8.90. The van der Waals surface area contributed by atoms with E-state index in [9.17, 15) is 14.7 Å². The van der Waals surface area contributed by atoms with Gasteiger partial charge in [-0.15, -0.1) is 0 Å². The molecule has 0 saturated carbocycles. The lowest BCUT2D eigenvalue weighted by Crippen LogP contribution is -2.38. The van der Waals surface area contributed by atoms with E-state index in [0.29, 0.717) is 33.3 Å². The quantitative estimate of drug-likeness (QED) is 0.646. The van der Waals surface area contributed by atoms with Crippen LogP contribution >= 0.6 is 11.3 Å². The van der Waals surface area contributed by atoms with Gasteiger partial charge in [0, 0.05) is 12.1 Å². The van der Waals surface area contributed by atoms with E-state index < -0.39 is 5.54 Å². The number of aryl methyl sites for hydroxylation is 1. The second-order valence-corrected chi connectivity index (χ2v) is 9.90. The van der Waals surface area contributed by atoms with Crippen molar-refractivity contribution in [3.8, 4) is 0 Å². The van der Waals surface area contributed by atoms with Gasteiger partial charge in [-0.1, -0.05) is 29.0 Å². The molecule has 1 atom stereocenters. The van der Waals surface area contributed by atoms with Crippen LogP contribution in [-0.4, -0.2) is 55.8 Å². The molecule has 1 saturated heterocycles. The summed E-state index contributed by atoms with van der Waals surface area (Å²) < 4.78 is 2.38. The molecule has 2 amide bonds. The van der Waals surface area contributed by atoms with Crippen LogP contribution in [0.1, 0.15) is 60.0 Å². The molecule has 9 heteroatoms. The highest BCUT2D eigenvalue weighted by Gasteiger charge is 2.34. The van der Waals surface area contributed by atoms with E-state index in [1.807, 2.05) is 39.8 Å². The SMILES string of the molecule is Cc1ccc(C(=O)Nc2nc3c(s2)c(C(=O)N2CCC[C@H]2CO)nn3C(C)(C)C)cc1. The van der Waals surface area contributed by atoms with Gasteiger partial charge in [0.15, 0.2) is 16.5 Å². The highest BCUT2D eigenvalue weighted by atomic mass is 32.1. The Hall–Kier alpha value is -2.78. The standard InChI is InChI=1S/C22H27N5O3S/c1-13-7-9-14(10-8-13)19(29)24-21-23-18-17(31-21)16(25-27(18)22(2,3)4)20(30)26-11-5-6-15(26)12-28/h7-10,15,28H,5-6,11-12H2,1-4H3,(H,23,24,29)/t15-/m0/s1. The van der Waals surface area contributed by atoms with Crippen molar-refractivity contribution in [2.45, 2.75) is 52.1 Å². The third-order valence-corrected chi connectivity index (χ3v) is 6.41. The molecule has 1 fully saturated rings. The van der Waals surface area contributed by atoms with Crippen molar-refractivity contribution in [3.63, 3.8) is 0 Å². The first-order chi connectivity index (χ1) is 14.7. The van der Waals surface area contributed by atoms with Crippen LogP contribution in [0, 0.1) is 6.92 Å². The van der Waals surface area contributed by atoms with Crippen molar-refractivity contribution < 1.29 is 14.7 Å². The largest absolute Gasteiger partial charge is 0.394 e. The molecule has 31 heavy (non-hydrogen) atoms. The number of aromatic nitrogens is 3. The number of nitrogens with zero attached hydrogens (tertiary/aromatic N) is 4. The Morgan fingerprint density at radius 1 is 1.26 bits per heavy atom. The Balaban J connectivity index is 1.71. The zero-order valence-corrected chi connectivity index (χ0v) is 19.0. The number of aliphatic hydroxyl groups excluding tert-OH is 1. The lowest BCUT2D eigenvalue weighted by molar-refractivity contribution is 0.0672. The van der Waals surface area contributed by atoms with Gasteiger partial charge in [-0.2, -0.15) is 10.1 Å². The van der Waals surface area contributed by atoms with Crippen LogP contribution in [0.25, 0.3) is 10.3 Å². The van der Waals surface area contributed by atoms with E-state index in [1.54, 1.807) is 21.7 Å². The number of benzene rings is 1. The van der Waals surface area contributed by atoms with Crippen LogP contribution in [0.4, 0.5) is 5.13 Å². The van der Waals surface area contributed by atoms with Crippen LogP contribution in [0.15, 0.2) is 24.3 Å². The summed E-state index contributed by atoms with van der Waals surface area (Å²) in [6.45, 7) is 8.48. The minimum Gasteiger partial charge on any atom is -0.394 e. The number of carbonyl (C=O) groups excluding carboxylic acids is 2. The van der Waals surface area contributed by atoms with E-state index >= 15 is 0 Å². The monoisotopic (exact) mass is 441 g/mol. The molecule has 0 radical (unpaired) electrons. The maximum Gasteiger partial charge on any atom is 0.276 e. The summed E-state index contributed by atoms with van der Waals surface area (Å²) in [7, 11) is 0. The molecular weight excluding hydrogens is 414 g/mol. The number of rotatable bonds is 4. The molecule has 0 spiro atoms. The van der Waals surface area contributed by atoms with Gasteiger partial charge in [-0.05, 0) is 52.7 Å². The van der Waals surface area contributed by atoms with Crippen molar-refractivity contribution >= 4 is 38.6 Å². The molecule has 1 aliphatic heterocycles. The predicted octanol–water partition coefficient (Wildman–Crippen LogP) is 3.41. The topological polar surface area (TPSA) is 100 Å². The number of anilines is 1. The maximum absolute atomic E-state index is 13.3. The normalized spacial score (nSPS) is 16.8. The van der Waals surface area contributed by atoms with E-state index in [-0.39, 0.29) is 24.5 Å². The molecule has 164 valence electrons. The first-order valence-electron chi connectivity index (χ1n) is 10.4. The second kappa shape index (κ2) is 8.05. The summed E-state index contributed by atoms with van der Waals surface area (Å²) in [5, 5.41) is 17.5. The van der Waals surface area contributed by atoms with Crippen molar-refractivity contribution in [1.82, 2.24) is 19.7 Å². The van der Waals surface area contributed by atoms with E-state index in [1.165, 1.54) is 11.3 Å². The first kappa shape index (κ1) is 21.5. The molecule has 3 aromatic rings. The molecule has 0 bridgehead atoms. The van der Waals surface area contributed by atoms with Crippen molar-refractivity contribution in [1.29, 1.82) is 0 Å². The minimum absolute atomic E-state index is 0.0601. The van der Waals surface area contributed by atoms with Crippen molar-refractivity contribution in [2.24, 2.45) is 0 Å². The predicted molar refractivity (Wildman–Crippen MR) is 121 cm³/mol. The fourth-order valence-electron chi connectivity index (χ4n) is 3.77. The number of fused-ring (bicyclic) bond motifs is 1. The minimum atomic E-state index is -0.398. The third kappa shape index (κ3) is 4.07. The number of hydrogen-bond acceptors (Lipinski definition) is 6. The lowest BCUT2D eigenvalue weighted by Gasteiger charge is -2.22. The van der Waals surface area contributed by atoms with Gasteiger partial charge in [0.05, 0.1) is 18.2 Å². The van der Waals surface area contributed by atoms with E-state index in [2.05, 4.69) is 15.4 Å². The molecule has 1 aromatic carbocycles. The smallest absolute Gasteiger partial charge is 0.276 e. The van der Waals surface area contributed by atoms with E-state index in [0.717, 1.165) is 18.4 Å². The Morgan fingerprint density at radius 3 is 2.61 bits per heavy atom. The van der Waals surface area contributed by atoms with Gasteiger partial charge < -0.3 is 10.0 Å². The molecule has 0 unspecified atom stereocenters. The summed E-state index contributed by atoms with van der Waals surface area (Å²) in [4.78, 5) is 32.2. The zero-order chi connectivity index (χ0) is 22.3. The molecule has 3 heterocycles. The van der Waals surface area contributed by atoms with Crippen molar-refractivity contribution in [2.75, 3.05) is 18.5 Å². The fraction of sp³-hybridized carbons (Fsp3) is 0.455. The summed E-state index contributed by atoms with van der Waals surface area (Å²) in [6.07, 6.45) is 1.65. The summed E-state index contributed by atoms with van der Waals surface area (Å²) in [5.41, 5.74) is 2.11. The third-order valence-electron chi connectivity index (χ3n) is 5.45. The van der Waals surface area contributed by atoms with Crippen molar-refractivity contribution in [3.05, 3.63) is 41.1 Å². The van der Waals surface area contributed by atoms with Gasteiger partial charge in [-0.25, -0.2) is 4.68 Å². The molecule has 4 rings (SSSR count). The molecule has 1 aliphatic rings. The van der Waals surface area contributed by atoms with Gasteiger partial charge in [0.1, 0.15) is 4.70 Å². The van der Waals surface area contributed by atoms with Gasteiger partial charge in [0.25, 0.3) is 11.8 Å². The number of amides is 2. The lowest BCUT2D eigenvalue weighted by atomic mass is 10.1. The number of hydrogen-bond donors (Lipinski definition) is 2. The number of thiazole rings is 1. The van der Waals surface area contributed by atoms with Gasteiger partial charge >= 0.3 is 0 Å². The Labute approximate surface area is 184 Å². The number of carbonyl (C=O) groups is 2. The molecule has 2 aromatic heterocycles. The average Bonchev–Trinajstić information content (AvgIpc) is 3.41. The fourth-order valence-corrected chi connectivity index (χ4v) is 4.68. The van der Waals surface area contributed by atoms with Crippen LogP contribution in [0.2, 0.25) is 0 Å². The van der Waals surface area contributed by atoms with E-state index in [4.69, 9.17) is 0 Å². The first-order valence-corrected chi connectivity index (χ1v) is 11.2. The number of aliphatic hydroxyl groups is 1. The van der Waals surface area contributed by atoms with Crippen LogP contribution in [-0.2, 0) is 5.54 Å². The number of nitrogens with one attached hydrogen (secondary N) is 1. The van der Waals surface area contributed by atoms with Crippen LogP contribution in [0.3, 0.4) is 0 Å². The Morgan fingerprint density at radius 2 is 1.97 bits per heavy atom. The number of likely N-dealkylation sites (tertiary alicyclic amines) is 1. The molecule has 8 nitrogen and oxygen atoms in total.